The maximum Gasteiger partial charge on any atom is 0.163 e. The lowest BCUT2D eigenvalue weighted by Crippen LogP contribution is -2.24. The summed E-state index contributed by atoms with van der Waals surface area (Å²) in [5.41, 5.74) is 6.93. The third-order valence-corrected chi connectivity index (χ3v) is 4.05. The fourth-order valence-corrected chi connectivity index (χ4v) is 2.76. The van der Waals surface area contributed by atoms with Crippen LogP contribution in [-0.2, 0) is 0 Å². The lowest BCUT2D eigenvalue weighted by molar-refractivity contribution is 0.0994. The fraction of sp³-hybridized carbons (Fsp3) is 0.562. The highest BCUT2D eigenvalue weighted by Gasteiger charge is 2.22. The Morgan fingerprint density at radius 1 is 1.32 bits per heavy atom. The van der Waals surface area contributed by atoms with Crippen LogP contribution in [-0.4, -0.2) is 11.9 Å². The van der Waals surface area contributed by atoms with Crippen LogP contribution in [0.25, 0.3) is 0 Å². The van der Waals surface area contributed by atoms with Gasteiger partial charge in [-0.25, -0.2) is 0 Å². The van der Waals surface area contributed by atoms with Gasteiger partial charge < -0.3 is 10.5 Å². The van der Waals surface area contributed by atoms with Crippen LogP contribution in [0.1, 0.15) is 56.3 Å². The van der Waals surface area contributed by atoms with Crippen LogP contribution in [0.4, 0.5) is 5.69 Å². The molecular weight excluding hydrogens is 238 g/mol. The molecule has 0 saturated heterocycles. The lowest BCUT2D eigenvalue weighted by atomic mass is 9.86. The van der Waals surface area contributed by atoms with Gasteiger partial charge in [0.25, 0.3) is 0 Å². The lowest BCUT2D eigenvalue weighted by Gasteiger charge is -2.28. The zero-order valence-corrected chi connectivity index (χ0v) is 11.8. The van der Waals surface area contributed by atoms with Crippen molar-refractivity contribution >= 4 is 11.5 Å². The van der Waals surface area contributed by atoms with E-state index in [4.69, 9.17) is 10.5 Å². The molecule has 0 atom stereocenters. The minimum atomic E-state index is 0.00421. The van der Waals surface area contributed by atoms with E-state index in [1.807, 2.05) is 6.07 Å². The van der Waals surface area contributed by atoms with Gasteiger partial charge in [0.05, 0.1) is 11.7 Å². The average molecular weight is 261 g/mol. The summed E-state index contributed by atoms with van der Waals surface area (Å²) in [4.78, 5) is 11.6. The number of benzene rings is 1. The number of ketones is 1. The summed E-state index contributed by atoms with van der Waals surface area (Å²) in [6.07, 6.45) is 6.12. The highest BCUT2D eigenvalue weighted by Crippen LogP contribution is 2.31. The number of hydrogen-bond acceptors (Lipinski definition) is 3. The van der Waals surface area contributed by atoms with Gasteiger partial charge >= 0.3 is 0 Å². The van der Waals surface area contributed by atoms with E-state index in [-0.39, 0.29) is 11.9 Å². The summed E-state index contributed by atoms with van der Waals surface area (Å²) in [7, 11) is 0. The largest absolute Gasteiger partial charge is 0.490 e. The summed E-state index contributed by atoms with van der Waals surface area (Å²) in [5.74, 6) is 1.53. The van der Waals surface area contributed by atoms with Crippen LogP contribution in [0.15, 0.2) is 18.2 Å². The number of carbonyl (C=O) groups excluding carboxylic acids is 1. The normalized spacial score (nSPS) is 23.1. The first kappa shape index (κ1) is 13.9. The van der Waals surface area contributed by atoms with Crippen molar-refractivity contribution in [1.29, 1.82) is 0 Å². The quantitative estimate of drug-likeness (QED) is 0.662. The predicted molar refractivity (Wildman–Crippen MR) is 77.5 cm³/mol. The van der Waals surface area contributed by atoms with E-state index in [0.29, 0.717) is 17.0 Å². The molecule has 1 aliphatic rings. The molecule has 1 aliphatic carbocycles. The van der Waals surface area contributed by atoms with E-state index in [2.05, 4.69) is 6.92 Å². The molecule has 0 amide bonds. The second kappa shape index (κ2) is 6.09. The topological polar surface area (TPSA) is 52.3 Å². The van der Waals surface area contributed by atoms with Crippen LogP contribution in [0.5, 0.6) is 5.75 Å². The Hall–Kier alpha value is -1.51. The molecular formula is C16H23NO2. The van der Waals surface area contributed by atoms with Crippen molar-refractivity contribution in [1.82, 2.24) is 0 Å². The summed E-state index contributed by atoms with van der Waals surface area (Å²) in [5, 5.41) is 0. The molecule has 0 aliphatic heterocycles. The Morgan fingerprint density at radius 2 is 2.00 bits per heavy atom. The van der Waals surface area contributed by atoms with E-state index >= 15 is 0 Å². The van der Waals surface area contributed by atoms with Crippen LogP contribution in [0.2, 0.25) is 0 Å². The second-order valence-electron chi connectivity index (χ2n) is 5.48. The Morgan fingerprint density at radius 3 is 2.58 bits per heavy atom. The smallest absolute Gasteiger partial charge is 0.163 e. The molecule has 1 aromatic carbocycles. The zero-order chi connectivity index (χ0) is 13.8. The molecule has 3 heteroatoms. The summed E-state index contributed by atoms with van der Waals surface area (Å²) < 4.78 is 6.02. The average Bonchev–Trinajstić information content (AvgIpc) is 2.41. The van der Waals surface area contributed by atoms with E-state index in [1.54, 1.807) is 19.1 Å². The van der Waals surface area contributed by atoms with Crippen molar-refractivity contribution < 1.29 is 9.53 Å². The molecule has 19 heavy (non-hydrogen) atoms. The maximum absolute atomic E-state index is 11.6. The number of anilines is 1. The molecule has 0 heterocycles. The number of nitrogens with two attached hydrogens (primary N) is 1. The number of ether oxygens (including phenoxy) is 1. The number of hydrogen-bond donors (Lipinski definition) is 1. The second-order valence-corrected chi connectivity index (χ2v) is 5.48. The molecule has 0 radical (unpaired) electrons. The molecule has 0 aromatic heterocycles. The van der Waals surface area contributed by atoms with Gasteiger partial charge in [0.1, 0.15) is 5.75 Å². The molecule has 0 spiro atoms. The van der Waals surface area contributed by atoms with Crippen molar-refractivity contribution in [2.75, 3.05) is 5.73 Å². The van der Waals surface area contributed by atoms with Gasteiger partial charge in [0, 0.05) is 5.69 Å². The number of carbonyl (C=O) groups is 1. The van der Waals surface area contributed by atoms with E-state index in [0.717, 1.165) is 18.8 Å². The van der Waals surface area contributed by atoms with Gasteiger partial charge in [0.2, 0.25) is 0 Å². The van der Waals surface area contributed by atoms with Crippen molar-refractivity contribution in [2.45, 2.75) is 52.1 Å². The monoisotopic (exact) mass is 261 g/mol. The predicted octanol–water partition coefficient (Wildman–Crippen LogP) is 3.82. The van der Waals surface area contributed by atoms with Crippen LogP contribution >= 0.6 is 0 Å². The first-order valence-corrected chi connectivity index (χ1v) is 7.17. The highest BCUT2D eigenvalue weighted by molar-refractivity contribution is 5.97. The highest BCUT2D eigenvalue weighted by atomic mass is 16.5. The van der Waals surface area contributed by atoms with Crippen molar-refractivity contribution in [3.63, 3.8) is 0 Å². The third kappa shape index (κ3) is 3.49. The molecule has 2 N–H and O–H groups in total. The Labute approximate surface area is 115 Å². The third-order valence-electron chi connectivity index (χ3n) is 4.05. The van der Waals surface area contributed by atoms with Gasteiger partial charge in [-0.2, -0.15) is 0 Å². The minimum Gasteiger partial charge on any atom is -0.490 e. The number of nitrogen functional groups attached to an aromatic ring is 1. The molecule has 2 rings (SSSR count). The Kier molecular flexibility index (Phi) is 4.46. The maximum atomic E-state index is 11.6. The number of Topliss-reactive ketones (excluding diaryl/α,β-unsaturated/α-hetero) is 1. The van der Waals surface area contributed by atoms with Crippen molar-refractivity contribution in [3.05, 3.63) is 23.8 Å². The van der Waals surface area contributed by atoms with E-state index < -0.39 is 0 Å². The Bertz CT molecular complexity index is 448. The van der Waals surface area contributed by atoms with Gasteiger partial charge in [-0.05, 0) is 56.7 Å². The Balaban J connectivity index is 2.05. The van der Waals surface area contributed by atoms with Crippen molar-refractivity contribution in [3.8, 4) is 5.75 Å². The molecule has 0 bridgehead atoms. The van der Waals surface area contributed by atoms with Gasteiger partial charge in [0.15, 0.2) is 5.78 Å². The zero-order valence-electron chi connectivity index (χ0n) is 11.8. The summed E-state index contributed by atoms with van der Waals surface area (Å²) in [6.45, 7) is 3.80. The van der Waals surface area contributed by atoms with Crippen LogP contribution < -0.4 is 10.5 Å². The van der Waals surface area contributed by atoms with Crippen LogP contribution in [0.3, 0.4) is 0 Å². The summed E-state index contributed by atoms with van der Waals surface area (Å²) >= 11 is 0. The van der Waals surface area contributed by atoms with Crippen LogP contribution in [0, 0.1) is 5.92 Å². The first-order valence-electron chi connectivity index (χ1n) is 7.17. The SMILES string of the molecule is CCC1CCC(Oc2ccc(N)cc2C(C)=O)CC1. The van der Waals surface area contributed by atoms with Gasteiger partial charge in [-0.1, -0.05) is 13.3 Å². The molecule has 0 unspecified atom stereocenters. The first-order chi connectivity index (χ1) is 9.10. The molecule has 3 nitrogen and oxygen atoms in total. The van der Waals surface area contributed by atoms with Gasteiger partial charge in [-0.15, -0.1) is 0 Å². The van der Waals surface area contributed by atoms with Crippen molar-refractivity contribution in [2.24, 2.45) is 5.92 Å². The molecule has 104 valence electrons. The van der Waals surface area contributed by atoms with Gasteiger partial charge in [-0.3, -0.25) is 4.79 Å². The molecule has 1 aromatic rings. The summed E-state index contributed by atoms with van der Waals surface area (Å²) in [6, 6.07) is 5.31. The number of rotatable bonds is 4. The van der Waals surface area contributed by atoms with E-state index in [9.17, 15) is 4.79 Å². The van der Waals surface area contributed by atoms with E-state index in [1.165, 1.54) is 19.3 Å². The molecule has 1 saturated carbocycles. The standard InChI is InChI=1S/C16H23NO2/c1-3-12-4-7-14(8-5-12)19-16-9-6-13(17)10-15(16)11(2)18/h6,9-10,12,14H,3-5,7-8,17H2,1-2H3. The molecule has 1 fully saturated rings. The fourth-order valence-electron chi connectivity index (χ4n) is 2.76. The minimum absolute atomic E-state index is 0.00421.